The first-order chi connectivity index (χ1) is 9.64. The molecule has 1 amide bonds. The summed E-state index contributed by atoms with van der Waals surface area (Å²) >= 11 is 0. The molecule has 0 aromatic heterocycles. The van der Waals surface area contributed by atoms with Crippen molar-refractivity contribution in [2.75, 3.05) is 6.54 Å². The number of Topliss-reactive ketones (excluding diaryl/α,β-unsaturated/α-hetero) is 1. The van der Waals surface area contributed by atoms with Gasteiger partial charge in [-0.1, -0.05) is 41.0 Å². The van der Waals surface area contributed by atoms with Crippen LogP contribution in [0.2, 0.25) is 0 Å². The van der Waals surface area contributed by atoms with E-state index in [1.807, 2.05) is 34.6 Å². The van der Waals surface area contributed by atoms with Crippen LogP contribution in [0.3, 0.4) is 0 Å². The monoisotopic (exact) mass is 297 g/mol. The molecule has 1 fully saturated rings. The van der Waals surface area contributed by atoms with Gasteiger partial charge in [-0.25, -0.2) is 0 Å². The van der Waals surface area contributed by atoms with Crippen molar-refractivity contribution in [2.24, 2.45) is 17.3 Å². The SMILES string of the molecule is CC(C)C1CC(O)N(CCCCCC(=O)C(C)(C)C)C1=O. The largest absolute Gasteiger partial charge is 0.373 e. The van der Waals surface area contributed by atoms with Gasteiger partial charge >= 0.3 is 0 Å². The van der Waals surface area contributed by atoms with Crippen LogP contribution in [0.5, 0.6) is 0 Å². The van der Waals surface area contributed by atoms with Crippen molar-refractivity contribution in [3.63, 3.8) is 0 Å². The van der Waals surface area contributed by atoms with E-state index < -0.39 is 6.23 Å². The molecule has 1 rings (SSSR count). The Labute approximate surface area is 128 Å². The van der Waals surface area contributed by atoms with Gasteiger partial charge in [-0.3, -0.25) is 9.59 Å². The molecule has 1 aliphatic rings. The van der Waals surface area contributed by atoms with Gasteiger partial charge in [0.05, 0.1) is 0 Å². The number of hydrogen-bond acceptors (Lipinski definition) is 3. The zero-order chi connectivity index (χ0) is 16.2. The fourth-order valence-corrected chi connectivity index (χ4v) is 2.75. The van der Waals surface area contributed by atoms with E-state index in [1.165, 1.54) is 0 Å². The number of likely N-dealkylation sites (tertiary alicyclic amines) is 1. The molecule has 0 bridgehead atoms. The number of aliphatic hydroxyl groups excluding tert-OH is 1. The van der Waals surface area contributed by atoms with Crippen LogP contribution >= 0.6 is 0 Å². The lowest BCUT2D eigenvalue weighted by molar-refractivity contribution is -0.136. The van der Waals surface area contributed by atoms with Crippen molar-refractivity contribution in [3.8, 4) is 0 Å². The number of aliphatic hydroxyl groups is 1. The fraction of sp³-hybridized carbons (Fsp3) is 0.882. The summed E-state index contributed by atoms with van der Waals surface area (Å²) in [6.45, 7) is 10.5. The standard InChI is InChI=1S/C17H31NO3/c1-12(2)13-11-15(20)18(16(13)21)10-8-6-7-9-14(19)17(3,4)5/h12-13,15,20H,6-11H2,1-5H3. The Kier molecular flexibility index (Phi) is 6.39. The van der Waals surface area contributed by atoms with Crippen molar-refractivity contribution in [1.82, 2.24) is 4.90 Å². The van der Waals surface area contributed by atoms with Gasteiger partial charge in [0.25, 0.3) is 0 Å². The summed E-state index contributed by atoms with van der Waals surface area (Å²) in [6, 6.07) is 0. The van der Waals surface area contributed by atoms with Gasteiger partial charge in [0.1, 0.15) is 12.0 Å². The van der Waals surface area contributed by atoms with Crippen LogP contribution < -0.4 is 0 Å². The third-order valence-electron chi connectivity index (χ3n) is 4.37. The van der Waals surface area contributed by atoms with Gasteiger partial charge in [0.2, 0.25) is 5.91 Å². The van der Waals surface area contributed by atoms with Crippen molar-refractivity contribution < 1.29 is 14.7 Å². The minimum atomic E-state index is -0.624. The molecule has 1 saturated heterocycles. The van der Waals surface area contributed by atoms with Gasteiger partial charge in [-0.05, 0) is 18.8 Å². The first-order valence-electron chi connectivity index (χ1n) is 8.16. The lowest BCUT2D eigenvalue weighted by atomic mass is 9.88. The van der Waals surface area contributed by atoms with E-state index in [9.17, 15) is 14.7 Å². The molecule has 0 aliphatic carbocycles. The lowest BCUT2D eigenvalue weighted by Gasteiger charge is -2.21. The molecule has 21 heavy (non-hydrogen) atoms. The van der Waals surface area contributed by atoms with E-state index in [2.05, 4.69) is 0 Å². The first-order valence-corrected chi connectivity index (χ1v) is 8.16. The summed E-state index contributed by atoms with van der Waals surface area (Å²) in [5, 5.41) is 9.98. The van der Waals surface area contributed by atoms with Gasteiger partial charge in [-0.2, -0.15) is 0 Å². The third kappa shape index (κ3) is 5.10. The molecule has 0 radical (unpaired) electrons. The smallest absolute Gasteiger partial charge is 0.228 e. The summed E-state index contributed by atoms with van der Waals surface area (Å²) in [6.07, 6.45) is 3.17. The highest BCUT2D eigenvalue weighted by Gasteiger charge is 2.39. The number of carbonyl (C=O) groups is 2. The third-order valence-corrected chi connectivity index (χ3v) is 4.37. The average Bonchev–Trinajstić information content (AvgIpc) is 2.64. The predicted molar refractivity (Wildman–Crippen MR) is 83.6 cm³/mol. The Morgan fingerprint density at radius 2 is 1.90 bits per heavy atom. The van der Waals surface area contributed by atoms with Crippen LogP contribution in [0.1, 0.15) is 66.7 Å². The van der Waals surface area contributed by atoms with E-state index in [4.69, 9.17) is 0 Å². The minimum Gasteiger partial charge on any atom is -0.373 e. The summed E-state index contributed by atoms with van der Waals surface area (Å²) in [7, 11) is 0. The van der Waals surface area contributed by atoms with Crippen LogP contribution in [-0.4, -0.2) is 34.5 Å². The number of rotatable bonds is 7. The van der Waals surface area contributed by atoms with Crippen molar-refractivity contribution in [3.05, 3.63) is 0 Å². The summed E-state index contributed by atoms with van der Waals surface area (Å²) < 4.78 is 0. The van der Waals surface area contributed by atoms with E-state index >= 15 is 0 Å². The second kappa shape index (κ2) is 7.39. The number of unbranched alkanes of at least 4 members (excludes halogenated alkanes) is 2. The molecule has 0 aromatic carbocycles. The molecule has 2 atom stereocenters. The molecule has 4 nitrogen and oxygen atoms in total. The van der Waals surface area contributed by atoms with Crippen molar-refractivity contribution >= 4 is 11.7 Å². The Morgan fingerprint density at radius 1 is 1.29 bits per heavy atom. The molecule has 0 aromatic rings. The normalized spacial score (nSPS) is 23.2. The quantitative estimate of drug-likeness (QED) is 0.735. The number of amides is 1. The maximum Gasteiger partial charge on any atom is 0.228 e. The number of hydrogen-bond donors (Lipinski definition) is 1. The molecule has 0 spiro atoms. The Bertz CT molecular complexity index is 371. The minimum absolute atomic E-state index is 0.0394. The van der Waals surface area contributed by atoms with Crippen LogP contribution in [0, 0.1) is 17.3 Å². The fourth-order valence-electron chi connectivity index (χ4n) is 2.75. The van der Waals surface area contributed by atoms with E-state index in [-0.39, 0.29) is 23.2 Å². The molecule has 2 unspecified atom stereocenters. The second-order valence-electron chi connectivity index (χ2n) is 7.58. The zero-order valence-corrected chi connectivity index (χ0v) is 14.2. The van der Waals surface area contributed by atoms with Crippen molar-refractivity contribution in [1.29, 1.82) is 0 Å². The van der Waals surface area contributed by atoms with Crippen LogP contribution in [0.4, 0.5) is 0 Å². The molecular formula is C17H31NO3. The van der Waals surface area contributed by atoms with Gasteiger partial charge in [0, 0.05) is 30.7 Å². The molecule has 1 heterocycles. The van der Waals surface area contributed by atoms with Gasteiger partial charge in [-0.15, -0.1) is 0 Å². The Morgan fingerprint density at radius 3 is 2.38 bits per heavy atom. The Hall–Kier alpha value is -0.900. The molecule has 122 valence electrons. The zero-order valence-electron chi connectivity index (χ0n) is 14.2. The number of nitrogens with zero attached hydrogens (tertiary/aromatic N) is 1. The Balaban J connectivity index is 2.27. The topological polar surface area (TPSA) is 57.6 Å². The van der Waals surface area contributed by atoms with Gasteiger partial charge in [0.15, 0.2) is 0 Å². The van der Waals surface area contributed by atoms with Crippen molar-refractivity contribution in [2.45, 2.75) is 73.0 Å². The molecule has 1 N–H and O–H groups in total. The molecule has 1 aliphatic heterocycles. The molecular weight excluding hydrogens is 266 g/mol. The van der Waals surface area contributed by atoms with Gasteiger partial charge < -0.3 is 10.0 Å². The van der Waals surface area contributed by atoms with E-state index in [0.29, 0.717) is 25.2 Å². The van der Waals surface area contributed by atoms with E-state index in [1.54, 1.807) is 4.90 Å². The van der Waals surface area contributed by atoms with E-state index in [0.717, 1.165) is 19.3 Å². The predicted octanol–water partition coefficient (Wildman–Crippen LogP) is 2.98. The maximum atomic E-state index is 12.2. The highest BCUT2D eigenvalue weighted by atomic mass is 16.3. The highest BCUT2D eigenvalue weighted by molar-refractivity contribution is 5.83. The number of carbonyl (C=O) groups excluding carboxylic acids is 2. The van der Waals surface area contributed by atoms with Crippen LogP contribution in [0.15, 0.2) is 0 Å². The van der Waals surface area contributed by atoms with Crippen LogP contribution in [0.25, 0.3) is 0 Å². The second-order valence-corrected chi connectivity index (χ2v) is 7.58. The molecule has 0 saturated carbocycles. The first kappa shape index (κ1) is 18.1. The highest BCUT2D eigenvalue weighted by Crippen LogP contribution is 2.29. The summed E-state index contributed by atoms with van der Waals surface area (Å²) in [4.78, 5) is 25.6. The van der Waals surface area contributed by atoms with Crippen LogP contribution in [-0.2, 0) is 9.59 Å². The number of ketones is 1. The molecule has 4 heteroatoms. The average molecular weight is 297 g/mol. The summed E-state index contributed by atoms with van der Waals surface area (Å²) in [5.41, 5.74) is -0.258. The lowest BCUT2D eigenvalue weighted by Crippen LogP contribution is -2.35. The summed E-state index contributed by atoms with van der Waals surface area (Å²) in [5.74, 6) is 0.618. The maximum absolute atomic E-state index is 12.2.